The van der Waals surface area contributed by atoms with Crippen LogP contribution in [0.1, 0.15) is 10.4 Å². The Bertz CT molecular complexity index is 489. The van der Waals surface area contributed by atoms with Crippen molar-refractivity contribution in [2.45, 2.75) is 0 Å². The second-order valence-electron chi connectivity index (χ2n) is 3.65. The molecule has 0 atom stereocenters. The molecule has 0 fully saturated rings. The molecule has 0 aliphatic carbocycles. The molecule has 0 aromatic heterocycles. The summed E-state index contributed by atoms with van der Waals surface area (Å²) in [5.41, 5.74) is 0.103. The van der Waals surface area contributed by atoms with E-state index >= 15 is 0 Å². The number of rotatable bonds is 6. The summed E-state index contributed by atoms with van der Waals surface area (Å²) in [5.74, 6) is -1.63. The molecule has 19 heavy (non-hydrogen) atoms. The first kappa shape index (κ1) is 14.8. The van der Waals surface area contributed by atoms with Crippen molar-refractivity contribution in [2.75, 3.05) is 25.5 Å². The Labute approximate surface area is 110 Å². The van der Waals surface area contributed by atoms with Crippen molar-refractivity contribution in [1.82, 2.24) is 5.32 Å². The molecule has 0 unspecified atom stereocenters. The number of carbonyl (C=O) groups excluding carboxylic acids is 2. The number of methoxy groups -OCH3 is 1. The van der Waals surface area contributed by atoms with Crippen molar-refractivity contribution in [3.05, 3.63) is 42.2 Å². The lowest BCUT2D eigenvalue weighted by Gasteiger charge is -2.08. The minimum atomic E-state index is -0.621. The van der Waals surface area contributed by atoms with Crippen LogP contribution in [-0.4, -0.2) is 32.1 Å². The minimum Gasteiger partial charge on any atom is -0.465 e. The minimum absolute atomic E-state index is 0.0217. The zero-order valence-corrected chi connectivity index (χ0v) is 10.5. The van der Waals surface area contributed by atoms with Gasteiger partial charge in [-0.25, -0.2) is 9.18 Å². The van der Waals surface area contributed by atoms with Gasteiger partial charge in [-0.05, 0) is 18.2 Å². The first-order valence-corrected chi connectivity index (χ1v) is 5.57. The summed E-state index contributed by atoms with van der Waals surface area (Å²) in [6.45, 7) is 3.98. The molecule has 0 radical (unpaired) electrons. The highest BCUT2D eigenvalue weighted by Gasteiger charge is 2.11. The molecular formula is C13H15FN2O3. The summed E-state index contributed by atoms with van der Waals surface area (Å²) in [6, 6.07) is 3.61. The predicted octanol–water partition coefficient (Wildman–Crippen LogP) is 1.33. The number of carbonyl (C=O) groups is 2. The number of amides is 1. The van der Waals surface area contributed by atoms with E-state index in [1.807, 2.05) is 0 Å². The molecule has 0 aliphatic rings. The van der Waals surface area contributed by atoms with Crippen LogP contribution in [0.25, 0.3) is 0 Å². The molecule has 0 spiro atoms. The average Bonchev–Trinajstić information content (AvgIpc) is 2.40. The predicted molar refractivity (Wildman–Crippen MR) is 69.4 cm³/mol. The third-order valence-corrected chi connectivity index (χ3v) is 2.24. The lowest BCUT2D eigenvalue weighted by atomic mass is 10.2. The number of benzene rings is 1. The summed E-state index contributed by atoms with van der Waals surface area (Å²) in [5, 5.41) is 5.15. The van der Waals surface area contributed by atoms with Gasteiger partial charge in [0.05, 0.1) is 24.9 Å². The molecule has 1 amide bonds. The fraction of sp³-hybridized carbons (Fsp3) is 0.231. The van der Waals surface area contributed by atoms with Crippen LogP contribution in [0.4, 0.5) is 10.1 Å². The van der Waals surface area contributed by atoms with Gasteiger partial charge in [0, 0.05) is 6.54 Å². The maximum atomic E-state index is 13.5. The van der Waals surface area contributed by atoms with E-state index in [1.54, 1.807) is 6.08 Å². The van der Waals surface area contributed by atoms with Gasteiger partial charge in [-0.3, -0.25) is 4.79 Å². The molecular weight excluding hydrogens is 251 g/mol. The smallest absolute Gasteiger partial charge is 0.337 e. The highest BCUT2D eigenvalue weighted by molar-refractivity contribution is 5.95. The Balaban J connectivity index is 2.74. The Morgan fingerprint density at radius 3 is 2.84 bits per heavy atom. The van der Waals surface area contributed by atoms with Crippen molar-refractivity contribution < 1.29 is 18.7 Å². The van der Waals surface area contributed by atoms with Crippen molar-refractivity contribution in [3.63, 3.8) is 0 Å². The molecule has 0 aliphatic heterocycles. The van der Waals surface area contributed by atoms with Crippen molar-refractivity contribution >= 4 is 17.6 Å². The van der Waals surface area contributed by atoms with E-state index in [4.69, 9.17) is 0 Å². The molecule has 2 N–H and O–H groups in total. The largest absolute Gasteiger partial charge is 0.465 e. The van der Waals surface area contributed by atoms with Crippen LogP contribution in [0.2, 0.25) is 0 Å². The van der Waals surface area contributed by atoms with E-state index in [-0.39, 0.29) is 17.8 Å². The molecule has 6 heteroatoms. The lowest BCUT2D eigenvalue weighted by Crippen LogP contribution is -2.28. The average molecular weight is 266 g/mol. The van der Waals surface area contributed by atoms with E-state index in [1.165, 1.54) is 19.2 Å². The second kappa shape index (κ2) is 7.27. The molecule has 1 aromatic rings. The van der Waals surface area contributed by atoms with Crippen LogP contribution >= 0.6 is 0 Å². The second-order valence-corrected chi connectivity index (χ2v) is 3.65. The number of hydrogen-bond acceptors (Lipinski definition) is 4. The standard InChI is InChI=1S/C13H15FN2O3/c1-3-6-15-8-12(17)16-11-7-9(13(18)19-2)4-5-10(11)14/h3-5,7,15H,1,6,8H2,2H3,(H,16,17). The number of hydrogen-bond donors (Lipinski definition) is 2. The number of nitrogens with one attached hydrogen (secondary N) is 2. The highest BCUT2D eigenvalue weighted by atomic mass is 19.1. The molecule has 0 heterocycles. The molecule has 0 saturated heterocycles. The van der Waals surface area contributed by atoms with E-state index < -0.39 is 17.7 Å². The van der Waals surface area contributed by atoms with Gasteiger partial charge in [0.25, 0.3) is 0 Å². The SMILES string of the molecule is C=CCNCC(=O)Nc1cc(C(=O)OC)ccc1F. The number of ether oxygens (including phenoxy) is 1. The fourth-order valence-corrected chi connectivity index (χ4v) is 1.35. The topological polar surface area (TPSA) is 67.4 Å². The van der Waals surface area contributed by atoms with Crippen LogP contribution in [0.15, 0.2) is 30.9 Å². The van der Waals surface area contributed by atoms with Gasteiger partial charge in [-0.2, -0.15) is 0 Å². The van der Waals surface area contributed by atoms with E-state index in [0.717, 1.165) is 6.07 Å². The van der Waals surface area contributed by atoms with Gasteiger partial charge >= 0.3 is 5.97 Å². The zero-order valence-electron chi connectivity index (χ0n) is 10.5. The normalized spacial score (nSPS) is 9.79. The highest BCUT2D eigenvalue weighted by Crippen LogP contribution is 2.16. The van der Waals surface area contributed by atoms with Crippen LogP contribution in [0.5, 0.6) is 0 Å². The summed E-state index contributed by atoms with van der Waals surface area (Å²) in [4.78, 5) is 22.8. The Morgan fingerprint density at radius 1 is 1.47 bits per heavy atom. The first-order chi connectivity index (χ1) is 9.08. The first-order valence-electron chi connectivity index (χ1n) is 5.57. The summed E-state index contributed by atoms with van der Waals surface area (Å²) >= 11 is 0. The molecule has 1 aromatic carbocycles. The van der Waals surface area contributed by atoms with Crippen molar-refractivity contribution in [3.8, 4) is 0 Å². The summed E-state index contributed by atoms with van der Waals surface area (Å²) in [6.07, 6.45) is 1.60. The molecule has 0 bridgehead atoms. The monoisotopic (exact) mass is 266 g/mol. The zero-order chi connectivity index (χ0) is 14.3. The van der Waals surface area contributed by atoms with Crippen LogP contribution < -0.4 is 10.6 Å². The van der Waals surface area contributed by atoms with Gasteiger partial charge < -0.3 is 15.4 Å². The number of esters is 1. The van der Waals surface area contributed by atoms with Gasteiger partial charge in [0.2, 0.25) is 5.91 Å². The third kappa shape index (κ3) is 4.51. The molecule has 1 rings (SSSR count). The molecule has 0 saturated carbocycles. The van der Waals surface area contributed by atoms with Crippen LogP contribution in [0.3, 0.4) is 0 Å². The number of halogens is 1. The maximum absolute atomic E-state index is 13.5. The molecule has 102 valence electrons. The van der Waals surface area contributed by atoms with E-state index in [2.05, 4.69) is 21.9 Å². The summed E-state index contributed by atoms with van der Waals surface area (Å²) < 4.78 is 18.0. The van der Waals surface area contributed by atoms with Crippen molar-refractivity contribution in [2.24, 2.45) is 0 Å². The third-order valence-electron chi connectivity index (χ3n) is 2.24. The fourth-order valence-electron chi connectivity index (χ4n) is 1.35. The van der Waals surface area contributed by atoms with Crippen LogP contribution in [0, 0.1) is 5.82 Å². The van der Waals surface area contributed by atoms with Crippen LogP contribution in [-0.2, 0) is 9.53 Å². The van der Waals surface area contributed by atoms with Gasteiger partial charge in [-0.1, -0.05) is 6.08 Å². The van der Waals surface area contributed by atoms with Gasteiger partial charge in [0.1, 0.15) is 5.82 Å². The van der Waals surface area contributed by atoms with Gasteiger partial charge in [0.15, 0.2) is 0 Å². The maximum Gasteiger partial charge on any atom is 0.337 e. The quantitative estimate of drug-likeness (QED) is 0.463. The Morgan fingerprint density at radius 2 is 2.21 bits per heavy atom. The van der Waals surface area contributed by atoms with Crippen molar-refractivity contribution in [1.29, 1.82) is 0 Å². The lowest BCUT2D eigenvalue weighted by molar-refractivity contribution is -0.115. The molecule has 5 nitrogen and oxygen atoms in total. The van der Waals surface area contributed by atoms with E-state index in [9.17, 15) is 14.0 Å². The Hall–Kier alpha value is -2.21. The van der Waals surface area contributed by atoms with E-state index in [0.29, 0.717) is 6.54 Å². The number of anilines is 1. The Kier molecular flexibility index (Phi) is 5.69. The van der Waals surface area contributed by atoms with Gasteiger partial charge in [-0.15, -0.1) is 6.58 Å². The summed E-state index contributed by atoms with van der Waals surface area (Å²) in [7, 11) is 1.23.